The summed E-state index contributed by atoms with van der Waals surface area (Å²) in [6.07, 6.45) is -0.521. The molecule has 0 aromatic rings. The van der Waals surface area contributed by atoms with E-state index in [1.54, 1.807) is 20.8 Å². The summed E-state index contributed by atoms with van der Waals surface area (Å²) >= 11 is 0. The predicted molar refractivity (Wildman–Crippen MR) is 60.0 cm³/mol. The van der Waals surface area contributed by atoms with E-state index in [0.717, 1.165) is 5.37 Å². The summed E-state index contributed by atoms with van der Waals surface area (Å²) in [5.41, 5.74) is -0.530. The Hall–Kier alpha value is -1.08. The molecule has 0 unspecified atom stereocenters. The summed E-state index contributed by atoms with van der Waals surface area (Å²) in [5, 5.41) is 3.47. The second kappa shape index (κ2) is 7.24. The lowest BCUT2D eigenvalue weighted by Gasteiger charge is -2.19. The minimum absolute atomic E-state index is 0.00606. The Labute approximate surface area is 96.5 Å². The molecule has 0 aromatic carbocycles. The molecule has 7 heteroatoms. The molecule has 0 heterocycles. The lowest BCUT2D eigenvalue weighted by atomic mass is 10.2. The van der Waals surface area contributed by atoms with Crippen LogP contribution in [0.4, 0.5) is 4.79 Å². The molecule has 0 saturated heterocycles. The molecular formula is C9H17NO5S. The summed E-state index contributed by atoms with van der Waals surface area (Å²) in [6.45, 7) is 5.80. The molecule has 0 aliphatic heterocycles. The van der Waals surface area contributed by atoms with Crippen LogP contribution in [0.2, 0.25) is 0 Å². The first-order valence-corrected chi connectivity index (χ1v) is 5.91. The molecule has 6 nitrogen and oxygen atoms in total. The van der Waals surface area contributed by atoms with Crippen molar-refractivity contribution in [1.82, 2.24) is 5.32 Å². The van der Waals surface area contributed by atoms with Crippen LogP contribution in [0.5, 0.6) is 0 Å². The molecule has 1 amide bonds. The van der Waals surface area contributed by atoms with Crippen molar-refractivity contribution < 1.29 is 22.7 Å². The third-order valence-corrected chi connectivity index (χ3v) is 1.64. The molecule has 0 rings (SSSR count). The van der Waals surface area contributed by atoms with Crippen LogP contribution < -0.4 is 5.32 Å². The van der Waals surface area contributed by atoms with Crippen LogP contribution in [0.25, 0.3) is 0 Å². The van der Waals surface area contributed by atoms with Crippen molar-refractivity contribution in [3.05, 3.63) is 0 Å². The highest BCUT2D eigenvalue weighted by Crippen LogP contribution is 2.05. The second-order valence-electron chi connectivity index (χ2n) is 3.93. The van der Waals surface area contributed by atoms with E-state index in [1.807, 2.05) is 0 Å². The van der Waals surface area contributed by atoms with Crippen molar-refractivity contribution in [3.8, 4) is 0 Å². The lowest BCUT2D eigenvalue weighted by Crippen LogP contribution is -2.34. The van der Waals surface area contributed by atoms with Gasteiger partial charge in [-0.3, -0.25) is 0 Å². The third kappa shape index (κ3) is 11.0. The maximum atomic E-state index is 11.1. The van der Waals surface area contributed by atoms with Crippen molar-refractivity contribution in [2.24, 2.45) is 0 Å². The molecule has 0 aliphatic rings. The molecule has 0 spiro atoms. The van der Waals surface area contributed by atoms with E-state index in [-0.39, 0.29) is 19.8 Å². The normalized spacial score (nSPS) is 10.7. The molecule has 0 bridgehead atoms. The van der Waals surface area contributed by atoms with Gasteiger partial charge in [0.25, 0.3) is 0 Å². The maximum Gasteiger partial charge on any atom is 0.407 e. The fourth-order valence-corrected chi connectivity index (χ4v) is 0.934. The highest BCUT2D eigenvalue weighted by Gasteiger charge is 2.15. The fourth-order valence-electron chi connectivity index (χ4n) is 0.726. The van der Waals surface area contributed by atoms with Crippen molar-refractivity contribution >= 4 is 21.8 Å². The zero-order valence-electron chi connectivity index (χ0n) is 9.65. The molecule has 0 radical (unpaired) electrons. The van der Waals surface area contributed by atoms with Gasteiger partial charge >= 0.3 is 6.09 Å². The standard InChI is InChI=1S/C9H17NO5S/c1-9(2,3)15-8(11)10-4-5-14-6-7-16(12)13/h7H,4-6H2,1-3H3,(H,10,11). The summed E-state index contributed by atoms with van der Waals surface area (Å²) in [5.74, 6) is 0. The van der Waals surface area contributed by atoms with Crippen LogP contribution in [-0.2, 0) is 19.8 Å². The van der Waals surface area contributed by atoms with Gasteiger partial charge in [0.15, 0.2) is 0 Å². The first-order valence-electron chi connectivity index (χ1n) is 4.77. The zero-order chi connectivity index (χ0) is 12.6. The molecule has 16 heavy (non-hydrogen) atoms. The second-order valence-corrected chi connectivity index (χ2v) is 4.79. The fraction of sp³-hybridized carbons (Fsp3) is 0.778. The predicted octanol–water partition coefficient (Wildman–Crippen LogP) is 0.209. The van der Waals surface area contributed by atoms with E-state index < -0.39 is 22.0 Å². The van der Waals surface area contributed by atoms with Crippen LogP contribution in [0.15, 0.2) is 0 Å². The van der Waals surface area contributed by atoms with Crippen LogP contribution >= 0.6 is 0 Å². The molecule has 94 valence electrons. The van der Waals surface area contributed by atoms with Crippen molar-refractivity contribution in [1.29, 1.82) is 0 Å². The Morgan fingerprint density at radius 3 is 2.50 bits per heavy atom. The number of carbonyl (C=O) groups is 1. The summed E-state index contributed by atoms with van der Waals surface area (Å²) < 4.78 is 30.0. The number of hydrogen-bond donors (Lipinski definition) is 1. The minimum Gasteiger partial charge on any atom is -0.444 e. The van der Waals surface area contributed by atoms with Gasteiger partial charge in [-0.2, -0.15) is 8.42 Å². The number of nitrogens with one attached hydrogen (secondary N) is 1. The van der Waals surface area contributed by atoms with E-state index in [2.05, 4.69) is 5.32 Å². The number of alkyl carbamates (subject to hydrolysis) is 1. The first-order chi connectivity index (χ1) is 7.31. The van der Waals surface area contributed by atoms with Gasteiger partial charge in [0.2, 0.25) is 10.3 Å². The van der Waals surface area contributed by atoms with Gasteiger partial charge in [-0.1, -0.05) is 0 Å². The van der Waals surface area contributed by atoms with Gasteiger partial charge in [0.05, 0.1) is 18.6 Å². The molecule has 0 aromatic heterocycles. The molecule has 0 aliphatic carbocycles. The third-order valence-electron chi connectivity index (χ3n) is 1.24. The Morgan fingerprint density at radius 2 is 2.00 bits per heavy atom. The van der Waals surface area contributed by atoms with Crippen LogP contribution in [0.1, 0.15) is 20.8 Å². The smallest absolute Gasteiger partial charge is 0.407 e. The van der Waals surface area contributed by atoms with Crippen LogP contribution in [0.3, 0.4) is 0 Å². The molecule has 0 atom stereocenters. The Balaban J connectivity index is 3.53. The van der Waals surface area contributed by atoms with Crippen LogP contribution in [-0.4, -0.2) is 45.2 Å². The van der Waals surface area contributed by atoms with Gasteiger partial charge in [-0.15, -0.1) is 0 Å². The summed E-state index contributed by atoms with van der Waals surface area (Å²) in [4.78, 5) is 11.1. The van der Waals surface area contributed by atoms with Gasteiger partial charge in [0, 0.05) is 6.54 Å². The number of amides is 1. The Bertz CT molecular complexity index is 333. The quantitative estimate of drug-likeness (QED) is 0.558. The van der Waals surface area contributed by atoms with E-state index >= 15 is 0 Å². The summed E-state index contributed by atoms with van der Waals surface area (Å²) in [7, 11) is -2.21. The summed E-state index contributed by atoms with van der Waals surface area (Å²) in [6, 6.07) is 0. The van der Waals surface area contributed by atoms with Crippen molar-refractivity contribution in [2.75, 3.05) is 19.8 Å². The zero-order valence-corrected chi connectivity index (χ0v) is 10.5. The highest BCUT2D eigenvalue weighted by atomic mass is 32.2. The largest absolute Gasteiger partial charge is 0.444 e. The molecule has 0 fully saturated rings. The first kappa shape index (κ1) is 14.9. The van der Waals surface area contributed by atoms with Gasteiger partial charge < -0.3 is 14.8 Å². The van der Waals surface area contributed by atoms with E-state index in [9.17, 15) is 13.2 Å². The Kier molecular flexibility index (Phi) is 6.75. The van der Waals surface area contributed by atoms with Gasteiger partial charge in [0.1, 0.15) is 5.60 Å². The van der Waals surface area contributed by atoms with Gasteiger partial charge in [-0.25, -0.2) is 4.79 Å². The van der Waals surface area contributed by atoms with Crippen LogP contribution in [0, 0.1) is 0 Å². The Morgan fingerprint density at radius 1 is 1.38 bits per heavy atom. The SMILES string of the molecule is CC(C)(C)OC(=O)NCCOCC=S(=O)=O. The minimum atomic E-state index is -2.21. The van der Waals surface area contributed by atoms with E-state index in [1.165, 1.54) is 0 Å². The molecular weight excluding hydrogens is 234 g/mol. The van der Waals surface area contributed by atoms with E-state index in [4.69, 9.17) is 9.47 Å². The molecule has 1 N–H and O–H groups in total. The van der Waals surface area contributed by atoms with Crippen molar-refractivity contribution in [2.45, 2.75) is 26.4 Å². The number of carbonyl (C=O) groups excluding carboxylic acids is 1. The topological polar surface area (TPSA) is 81.7 Å². The van der Waals surface area contributed by atoms with Crippen molar-refractivity contribution in [3.63, 3.8) is 0 Å². The number of rotatable bonds is 5. The average molecular weight is 251 g/mol. The number of ether oxygens (including phenoxy) is 2. The van der Waals surface area contributed by atoms with Gasteiger partial charge in [-0.05, 0) is 20.8 Å². The average Bonchev–Trinajstić information content (AvgIpc) is 2.07. The monoisotopic (exact) mass is 251 g/mol. The maximum absolute atomic E-state index is 11.1. The van der Waals surface area contributed by atoms with E-state index in [0.29, 0.717) is 0 Å². The lowest BCUT2D eigenvalue weighted by molar-refractivity contribution is 0.0508. The number of hydrogen-bond acceptors (Lipinski definition) is 5. The highest BCUT2D eigenvalue weighted by molar-refractivity contribution is 7.71. The molecule has 0 saturated carbocycles.